The van der Waals surface area contributed by atoms with Crippen LogP contribution in [-0.4, -0.2) is 50.7 Å². The molecule has 0 aromatic rings. The molecule has 1 rings (SSSR count). The van der Waals surface area contributed by atoms with Gasteiger partial charge in [-0.2, -0.15) is 0 Å². The second-order valence-corrected chi connectivity index (χ2v) is 3.95. The van der Waals surface area contributed by atoms with E-state index < -0.39 is 0 Å². The molecule has 1 amide bonds. The molecule has 4 heteroatoms. The maximum absolute atomic E-state index is 12.1. The van der Waals surface area contributed by atoms with Crippen LogP contribution in [0.1, 0.15) is 19.8 Å². The molecule has 1 atom stereocenters. The summed E-state index contributed by atoms with van der Waals surface area (Å²) < 4.78 is 5.00. The highest BCUT2D eigenvalue weighted by Crippen LogP contribution is 2.13. The zero-order valence-corrected chi connectivity index (χ0v) is 9.79. The van der Waals surface area contributed by atoms with Crippen LogP contribution >= 0.6 is 0 Å². The van der Waals surface area contributed by atoms with Gasteiger partial charge >= 0.3 is 0 Å². The van der Waals surface area contributed by atoms with Crippen molar-refractivity contribution < 1.29 is 9.53 Å². The van der Waals surface area contributed by atoms with Crippen molar-refractivity contribution in [2.75, 3.05) is 39.9 Å². The molecule has 0 aromatic heterocycles. The van der Waals surface area contributed by atoms with Gasteiger partial charge in [-0.15, -0.1) is 0 Å². The summed E-state index contributed by atoms with van der Waals surface area (Å²) in [5, 5.41) is 3.27. The molecule has 1 heterocycles. The minimum atomic E-state index is 0.176. The Kier molecular flexibility index (Phi) is 5.65. The van der Waals surface area contributed by atoms with Crippen LogP contribution in [0.25, 0.3) is 0 Å². The maximum atomic E-state index is 12.1. The molecule has 1 fully saturated rings. The molecular weight excluding hydrogens is 192 g/mol. The Morgan fingerprint density at radius 3 is 2.93 bits per heavy atom. The lowest BCUT2D eigenvalue weighted by molar-refractivity contribution is -0.136. The first-order chi connectivity index (χ1) is 7.29. The van der Waals surface area contributed by atoms with E-state index in [1.165, 1.54) is 0 Å². The summed E-state index contributed by atoms with van der Waals surface area (Å²) in [4.78, 5) is 14.0. The number of nitrogens with one attached hydrogen (secondary N) is 1. The lowest BCUT2D eigenvalue weighted by Crippen LogP contribution is -2.44. The van der Waals surface area contributed by atoms with Gasteiger partial charge in [0.2, 0.25) is 5.91 Å². The number of amides is 1. The van der Waals surface area contributed by atoms with Gasteiger partial charge < -0.3 is 15.0 Å². The molecule has 1 N–H and O–H groups in total. The average molecular weight is 214 g/mol. The third kappa shape index (κ3) is 3.80. The Morgan fingerprint density at radius 1 is 1.60 bits per heavy atom. The lowest BCUT2D eigenvalue weighted by Gasteiger charge is -2.28. The molecule has 0 saturated carbocycles. The number of carbonyl (C=O) groups excluding carboxylic acids is 1. The van der Waals surface area contributed by atoms with Crippen molar-refractivity contribution in [2.45, 2.75) is 19.8 Å². The Hall–Kier alpha value is -0.610. The number of carbonyl (C=O) groups is 1. The Labute approximate surface area is 92.0 Å². The summed E-state index contributed by atoms with van der Waals surface area (Å²) in [7, 11) is 1.67. The van der Waals surface area contributed by atoms with Crippen molar-refractivity contribution in [2.24, 2.45) is 5.92 Å². The van der Waals surface area contributed by atoms with Gasteiger partial charge in [0.15, 0.2) is 0 Å². The summed E-state index contributed by atoms with van der Waals surface area (Å²) in [6.07, 6.45) is 2.13. The van der Waals surface area contributed by atoms with E-state index in [0.29, 0.717) is 13.2 Å². The van der Waals surface area contributed by atoms with Crippen molar-refractivity contribution in [3.63, 3.8) is 0 Å². The normalized spacial score (nSPS) is 21.3. The van der Waals surface area contributed by atoms with E-state index >= 15 is 0 Å². The van der Waals surface area contributed by atoms with E-state index in [0.717, 1.165) is 32.5 Å². The number of methoxy groups -OCH3 is 1. The molecule has 4 nitrogen and oxygen atoms in total. The van der Waals surface area contributed by atoms with E-state index in [1.807, 2.05) is 11.8 Å². The van der Waals surface area contributed by atoms with Crippen molar-refractivity contribution in [1.82, 2.24) is 10.2 Å². The first-order valence-electron chi connectivity index (χ1n) is 5.78. The van der Waals surface area contributed by atoms with Crippen molar-refractivity contribution >= 4 is 5.91 Å². The zero-order chi connectivity index (χ0) is 11.1. The SMILES string of the molecule is CCN(CCOC)C(=O)[C@H]1CCCNC1. The standard InChI is InChI=1S/C11H22N2O2/c1-3-13(7-8-15-2)11(14)10-5-4-6-12-9-10/h10,12H,3-9H2,1-2H3/t10-/m0/s1. The van der Waals surface area contributed by atoms with E-state index in [4.69, 9.17) is 4.74 Å². The molecule has 1 aliphatic heterocycles. The third-order valence-corrected chi connectivity index (χ3v) is 2.90. The molecular formula is C11H22N2O2. The van der Waals surface area contributed by atoms with Crippen LogP contribution in [0.15, 0.2) is 0 Å². The first-order valence-corrected chi connectivity index (χ1v) is 5.78. The largest absolute Gasteiger partial charge is 0.383 e. The molecule has 0 radical (unpaired) electrons. The monoisotopic (exact) mass is 214 g/mol. The number of nitrogens with zero attached hydrogens (tertiary/aromatic N) is 1. The predicted octanol–water partition coefficient (Wildman–Crippen LogP) is 0.481. The van der Waals surface area contributed by atoms with Gasteiger partial charge in [-0.25, -0.2) is 0 Å². The highest BCUT2D eigenvalue weighted by atomic mass is 16.5. The molecule has 1 saturated heterocycles. The van der Waals surface area contributed by atoms with Crippen molar-refractivity contribution in [3.8, 4) is 0 Å². The zero-order valence-electron chi connectivity index (χ0n) is 9.79. The van der Waals surface area contributed by atoms with Crippen LogP contribution in [0.5, 0.6) is 0 Å². The molecule has 0 aromatic carbocycles. The van der Waals surface area contributed by atoms with Gasteiger partial charge in [-0.1, -0.05) is 0 Å². The van der Waals surface area contributed by atoms with Crippen LogP contribution in [0.3, 0.4) is 0 Å². The van der Waals surface area contributed by atoms with Gasteiger partial charge in [0.25, 0.3) is 0 Å². The van der Waals surface area contributed by atoms with Crippen LogP contribution in [0.2, 0.25) is 0 Å². The Balaban J connectivity index is 2.40. The molecule has 15 heavy (non-hydrogen) atoms. The summed E-state index contributed by atoms with van der Waals surface area (Å²) in [6, 6.07) is 0. The van der Waals surface area contributed by atoms with E-state index in [-0.39, 0.29) is 11.8 Å². The first kappa shape index (κ1) is 12.5. The number of hydrogen-bond acceptors (Lipinski definition) is 3. The van der Waals surface area contributed by atoms with Gasteiger partial charge in [0.05, 0.1) is 12.5 Å². The Bertz CT molecular complexity index is 191. The number of hydrogen-bond donors (Lipinski definition) is 1. The topological polar surface area (TPSA) is 41.6 Å². The summed E-state index contributed by atoms with van der Waals surface area (Å²) in [6.45, 7) is 6.01. The molecule has 0 bridgehead atoms. The maximum Gasteiger partial charge on any atom is 0.227 e. The van der Waals surface area contributed by atoms with Crippen molar-refractivity contribution in [3.05, 3.63) is 0 Å². The fraction of sp³-hybridized carbons (Fsp3) is 0.909. The van der Waals surface area contributed by atoms with Gasteiger partial charge in [0, 0.05) is 26.7 Å². The summed E-state index contributed by atoms with van der Waals surface area (Å²) >= 11 is 0. The van der Waals surface area contributed by atoms with E-state index in [1.54, 1.807) is 7.11 Å². The molecule has 0 unspecified atom stereocenters. The van der Waals surface area contributed by atoms with Crippen LogP contribution in [0.4, 0.5) is 0 Å². The van der Waals surface area contributed by atoms with E-state index in [9.17, 15) is 4.79 Å². The fourth-order valence-corrected chi connectivity index (χ4v) is 1.95. The number of likely N-dealkylation sites (N-methyl/N-ethyl adjacent to an activating group) is 1. The molecule has 88 valence electrons. The Morgan fingerprint density at radius 2 is 2.40 bits per heavy atom. The quantitative estimate of drug-likeness (QED) is 0.724. The van der Waals surface area contributed by atoms with Crippen molar-refractivity contribution in [1.29, 1.82) is 0 Å². The molecule has 0 spiro atoms. The summed E-state index contributed by atoms with van der Waals surface area (Å²) in [5.74, 6) is 0.456. The number of ether oxygens (including phenoxy) is 1. The average Bonchev–Trinajstić information content (AvgIpc) is 2.31. The fourth-order valence-electron chi connectivity index (χ4n) is 1.95. The van der Waals surface area contributed by atoms with Gasteiger partial charge in [-0.05, 0) is 26.3 Å². The smallest absolute Gasteiger partial charge is 0.227 e. The van der Waals surface area contributed by atoms with Crippen LogP contribution < -0.4 is 5.32 Å². The van der Waals surface area contributed by atoms with Gasteiger partial charge in [0.1, 0.15) is 0 Å². The minimum absolute atomic E-state index is 0.176. The highest BCUT2D eigenvalue weighted by molar-refractivity contribution is 5.79. The second kappa shape index (κ2) is 6.80. The van der Waals surface area contributed by atoms with Crippen LogP contribution in [-0.2, 0) is 9.53 Å². The number of rotatable bonds is 5. The highest BCUT2D eigenvalue weighted by Gasteiger charge is 2.24. The van der Waals surface area contributed by atoms with Gasteiger partial charge in [-0.3, -0.25) is 4.79 Å². The summed E-state index contributed by atoms with van der Waals surface area (Å²) in [5.41, 5.74) is 0. The second-order valence-electron chi connectivity index (χ2n) is 3.95. The lowest BCUT2D eigenvalue weighted by atomic mass is 9.98. The number of piperidine rings is 1. The predicted molar refractivity (Wildman–Crippen MR) is 59.7 cm³/mol. The third-order valence-electron chi connectivity index (χ3n) is 2.90. The molecule has 0 aliphatic carbocycles. The molecule has 1 aliphatic rings. The van der Waals surface area contributed by atoms with Crippen LogP contribution in [0, 0.1) is 5.92 Å². The van der Waals surface area contributed by atoms with E-state index in [2.05, 4.69) is 5.32 Å². The minimum Gasteiger partial charge on any atom is -0.383 e.